The highest BCUT2D eigenvalue weighted by Gasteiger charge is 2.22. The molecule has 1 fully saturated rings. The van der Waals surface area contributed by atoms with Gasteiger partial charge in [0.1, 0.15) is 5.82 Å². The van der Waals surface area contributed by atoms with E-state index in [0.717, 1.165) is 43.4 Å². The highest BCUT2D eigenvalue weighted by atomic mass is 16.5. The summed E-state index contributed by atoms with van der Waals surface area (Å²) in [5.41, 5.74) is 1.77. The van der Waals surface area contributed by atoms with Crippen molar-refractivity contribution in [1.82, 2.24) is 29.7 Å². The van der Waals surface area contributed by atoms with E-state index >= 15 is 0 Å². The maximum Gasteiger partial charge on any atom is 0.240 e. The second kappa shape index (κ2) is 9.40. The summed E-state index contributed by atoms with van der Waals surface area (Å²) in [5.74, 6) is 2.30. The molecule has 1 amide bonds. The lowest BCUT2D eigenvalue weighted by atomic mass is 10.2. The minimum Gasteiger partial charge on any atom is -0.338 e. The molecule has 4 rings (SSSR count). The molecular formula is C22H29N7O2. The van der Waals surface area contributed by atoms with Crippen LogP contribution < -0.4 is 5.32 Å². The number of benzene rings is 1. The molecule has 1 aliphatic rings. The molecular weight excluding hydrogens is 394 g/mol. The lowest BCUT2D eigenvalue weighted by Crippen LogP contribution is -2.48. The van der Waals surface area contributed by atoms with Gasteiger partial charge in [0.2, 0.25) is 11.8 Å². The largest absolute Gasteiger partial charge is 0.338 e. The molecule has 1 saturated heterocycles. The van der Waals surface area contributed by atoms with Crippen LogP contribution in [0.1, 0.15) is 37.2 Å². The van der Waals surface area contributed by atoms with E-state index in [4.69, 9.17) is 4.52 Å². The van der Waals surface area contributed by atoms with E-state index < -0.39 is 0 Å². The standard InChI is InChI=1S/C22H29N7O2/c1-16(2)22-24-21(31-26-22)15-28-11-9-27(10-12-28)14-20(30)23-19-13-17(3)25-29(19)18-7-5-4-6-8-18/h4-8,13,16H,9-12,14-15H2,1-3H3,(H,23,30). The van der Waals surface area contributed by atoms with Crippen LogP contribution in [0.25, 0.3) is 5.69 Å². The van der Waals surface area contributed by atoms with Gasteiger partial charge in [-0.05, 0) is 19.1 Å². The number of carbonyl (C=O) groups is 1. The van der Waals surface area contributed by atoms with Crippen molar-refractivity contribution in [3.8, 4) is 5.69 Å². The summed E-state index contributed by atoms with van der Waals surface area (Å²) in [6.45, 7) is 10.4. The summed E-state index contributed by atoms with van der Waals surface area (Å²) in [6, 6.07) is 11.7. The zero-order valence-electron chi connectivity index (χ0n) is 18.3. The quantitative estimate of drug-likeness (QED) is 0.624. The van der Waals surface area contributed by atoms with Gasteiger partial charge in [0.25, 0.3) is 0 Å². The molecule has 0 atom stereocenters. The Balaban J connectivity index is 1.28. The van der Waals surface area contributed by atoms with Crippen LogP contribution in [-0.2, 0) is 11.3 Å². The van der Waals surface area contributed by atoms with E-state index in [1.165, 1.54) is 0 Å². The molecule has 0 saturated carbocycles. The van der Waals surface area contributed by atoms with Crippen molar-refractivity contribution in [2.24, 2.45) is 0 Å². The highest BCUT2D eigenvalue weighted by molar-refractivity contribution is 5.91. The fourth-order valence-corrected chi connectivity index (χ4v) is 3.60. The summed E-state index contributed by atoms with van der Waals surface area (Å²) in [7, 11) is 0. The van der Waals surface area contributed by atoms with Crippen molar-refractivity contribution in [1.29, 1.82) is 0 Å². The van der Waals surface area contributed by atoms with Crippen LogP contribution in [0.2, 0.25) is 0 Å². The van der Waals surface area contributed by atoms with Gasteiger partial charge < -0.3 is 9.84 Å². The highest BCUT2D eigenvalue weighted by Crippen LogP contribution is 2.17. The number of aryl methyl sites for hydroxylation is 1. The Hall–Kier alpha value is -3.04. The molecule has 0 aliphatic carbocycles. The van der Waals surface area contributed by atoms with Gasteiger partial charge in [-0.25, -0.2) is 4.68 Å². The summed E-state index contributed by atoms with van der Waals surface area (Å²) in [5, 5.41) is 11.5. The Morgan fingerprint density at radius 3 is 2.52 bits per heavy atom. The molecule has 9 nitrogen and oxygen atoms in total. The Bertz CT molecular complexity index is 1000. The van der Waals surface area contributed by atoms with Crippen molar-refractivity contribution in [2.75, 3.05) is 38.0 Å². The Kier molecular flexibility index (Phi) is 6.43. The number of hydrogen-bond acceptors (Lipinski definition) is 7. The fourth-order valence-electron chi connectivity index (χ4n) is 3.60. The Morgan fingerprint density at radius 2 is 1.84 bits per heavy atom. The number of nitrogens with one attached hydrogen (secondary N) is 1. The summed E-state index contributed by atoms with van der Waals surface area (Å²) in [4.78, 5) is 21.6. The van der Waals surface area contributed by atoms with Crippen molar-refractivity contribution >= 4 is 11.7 Å². The predicted octanol–water partition coefficient (Wildman–Crippen LogP) is 2.44. The van der Waals surface area contributed by atoms with E-state index in [9.17, 15) is 4.79 Å². The number of rotatable bonds is 7. The van der Waals surface area contributed by atoms with Gasteiger partial charge in [-0.15, -0.1) is 0 Å². The van der Waals surface area contributed by atoms with E-state index in [0.29, 0.717) is 24.8 Å². The third-order valence-corrected chi connectivity index (χ3v) is 5.29. The molecule has 164 valence electrons. The van der Waals surface area contributed by atoms with Gasteiger partial charge in [-0.1, -0.05) is 37.2 Å². The lowest BCUT2D eigenvalue weighted by molar-refractivity contribution is -0.117. The monoisotopic (exact) mass is 423 g/mol. The number of nitrogens with zero attached hydrogens (tertiary/aromatic N) is 6. The van der Waals surface area contributed by atoms with Crippen LogP contribution in [0.3, 0.4) is 0 Å². The van der Waals surface area contributed by atoms with Crippen LogP contribution in [0.15, 0.2) is 40.9 Å². The van der Waals surface area contributed by atoms with Gasteiger partial charge in [0, 0.05) is 38.2 Å². The zero-order valence-corrected chi connectivity index (χ0v) is 18.3. The number of para-hydroxylation sites is 1. The number of anilines is 1. The van der Waals surface area contributed by atoms with Crippen LogP contribution in [0, 0.1) is 6.92 Å². The van der Waals surface area contributed by atoms with Gasteiger partial charge >= 0.3 is 0 Å². The van der Waals surface area contributed by atoms with Crippen LogP contribution in [-0.4, -0.2) is 68.4 Å². The van der Waals surface area contributed by atoms with Gasteiger partial charge in [0.15, 0.2) is 5.82 Å². The maximum atomic E-state index is 12.7. The number of hydrogen-bond donors (Lipinski definition) is 1. The van der Waals surface area contributed by atoms with E-state index in [-0.39, 0.29) is 11.8 Å². The second-order valence-electron chi connectivity index (χ2n) is 8.22. The molecule has 0 unspecified atom stereocenters. The Labute approximate surface area is 182 Å². The normalized spacial score (nSPS) is 15.5. The third kappa shape index (κ3) is 5.36. The number of aromatic nitrogens is 4. The van der Waals surface area contributed by atoms with Crippen molar-refractivity contribution < 1.29 is 9.32 Å². The van der Waals surface area contributed by atoms with Crippen LogP contribution in [0.5, 0.6) is 0 Å². The summed E-state index contributed by atoms with van der Waals surface area (Å²) >= 11 is 0. The zero-order chi connectivity index (χ0) is 21.8. The molecule has 31 heavy (non-hydrogen) atoms. The molecule has 3 heterocycles. The molecule has 9 heteroatoms. The van der Waals surface area contributed by atoms with Crippen molar-refractivity contribution in [2.45, 2.75) is 33.2 Å². The van der Waals surface area contributed by atoms with Gasteiger partial charge in [0.05, 0.1) is 24.5 Å². The average molecular weight is 424 g/mol. The first-order valence-electron chi connectivity index (χ1n) is 10.7. The molecule has 1 N–H and O–H groups in total. The van der Waals surface area contributed by atoms with Crippen molar-refractivity contribution in [3.63, 3.8) is 0 Å². The minimum absolute atomic E-state index is 0.0380. The van der Waals surface area contributed by atoms with E-state index in [2.05, 4.69) is 30.4 Å². The lowest BCUT2D eigenvalue weighted by Gasteiger charge is -2.33. The first-order valence-corrected chi connectivity index (χ1v) is 10.7. The molecule has 0 radical (unpaired) electrons. The van der Waals surface area contributed by atoms with Crippen LogP contribution in [0.4, 0.5) is 5.82 Å². The SMILES string of the molecule is Cc1cc(NC(=O)CN2CCN(Cc3nc(C(C)C)no3)CC2)n(-c2ccccc2)n1. The first-order chi connectivity index (χ1) is 15.0. The molecule has 1 aliphatic heterocycles. The number of piperazine rings is 1. The summed E-state index contributed by atoms with van der Waals surface area (Å²) < 4.78 is 7.11. The average Bonchev–Trinajstić information content (AvgIpc) is 3.37. The molecule has 3 aromatic rings. The summed E-state index contributed by atoms with van der Waals surface area (Å²) in [6.07, 6.45) is 0. The molecule has 0 bridgehead atoms. The number of carbonyl (C=O) groups excluding carboxylic acids is 1. The number of amides is 1. The minimum atomic E-state index is -0.0380. The maximum absolute atomic E-state index is 12.7. The van der Waals surface area contributed by atoms with Gasteiger partial charge in [-0.3, -0.25) is 14.6 Å². The third-order valence-electron chi connectivity index (χ3n) is 5.29. The van der Waals surface area contributed by atoms with E-state index in [1.54, 1.807) is 4.68 Å². The van der Waals surface area contributed by atoms with Crippen LogP contribution >= 0.6 is 0 Å². The molecule has 0 spiro atoms. The van der Waals surface area contributed by atoms with E-state index in [1.807, 2.05) is 57.2 Å². The Morgan fingerprint density at radius 1 is 1.13 bits per heavy atom. The smallest absolute Gasteiger partial charge is 0.240 e. The molecule has 2 aromatic heterocycles. The van der Waals surface area contributed by atoms with Gasteiger partial charge in [-0.2, -0.15) is 10.1 Å². The topological polar surface area (TPSA) is 92.3 Å². The predicted molar refractivity (Wildman–Crippen MR) is 117 cm³/mol. The fraction of sp³-hybridized carbons (Fsp3) is 0.455. The first kappa shape index (κ1) is 21.2. The molecule has 1 aromatic carbocycles. The second-order valence-corrected chi connectivity index (χ2v) is 8.22. The van der Waals surface area contributed by atoms with Crippen molar-refractivity contribution in [3.05, 3.63) is 53.8 Å².